The number of aliphatic hydroxyl groups is 1. The Morgan fingerprint density at radius 3 is 2.30 bits per heavy atom. The third-order valence-electron chi connectivity index (χ3n) is 4.23. The Hall–Kier alpha value is -2.40. The summed E-state index contributed by atoms with van der Waals surface area (Å²) in [5, 5.41) is 29.5. The van der Waals surface area contributed by atoms with Crippen molar-refractivity contribution in [1.29, 1.82) is 0 Å². The van der Waals surface area contributed by atoms with Gasteiger partial charge in [-0.3, -0.25) is 4.79 Å². The zero-order valence-electron chi connectivity index (χ0n) is 16.7. The van der Waals surface area contributed by atoms with Crippen molar-refractivity contribution in [3.8, 4) is 5.75 Å². The molecule has 1 atom stereocenters. The Labute approximate surface area is 161 Å². The van der Waals surface area contributed by atoms with Crippen molar-refractivity contribution >= 4 is 11.8 Å². The van der Waals surface area contributed by atoms with Gasteiger partial charge in [0.1, 0.15) is 5.75 Å². The van der Waals surface area contributed by atoms with Crippen molar-refractivity contribution < 1.29 is 24.9 Å². The predicted molar refractivity (Wildman–Crippen MR) is 106 cm³/mol. The highest BCUT2D eigenvalue weighted by Crippen LogP contribution is 2.28. The third-order valence-corrected chi connectivity index (χ3v) is 4.23. The van der Waals surface area contributed by atoms with Gasteiger partial charge in [0.05, 0.1) is 11.2 Å². The molecule has 0 aliphatic heterocycles. The average molecular weight is 374 g/mol. The summed E-state index contributed by atoms with van der Waals surface area (Å²) < 4.78 is 0. The lowest BCUT2D eigenvalue weighted by Crippen LogP contribution is -2.16. The van der Waals surface area contributed by atoms with Crippen molar-refractivity contribution in [3.63, 3.8) is 0 Å². The number of carboxylic acids is 1. The number of carboxylic acid groups (broad SMARTS) is 1. The van der Waals surface area contributed by atoms with Crippen molar-refractivity contribution in [2.24, 2.45) is 5.92 Å². The van der Waals surface area contributed by atoms with Gasteiger partial charge >= 0.3 is 5.97 Å². The van der Waals surface area contributed by atoms with E-state index in [1.54, 1.807) is 20.8 Å². The number of carbonyl (C=O) groups excluding carboxylic acids is 1. The molecule has 0 aromatic heterocycles. The second-order valence-electron chi connectivity index (χ2n) is 7.76. The molecule has 0 amide bonds. The van der Waals surface area contributed by atoms with Crippen LogP contribution in [-0.2, 0) is 17.6 Å². The molecule has 0 unspecified atom stereocenters. The smallest absolute Gasteiger partial charge is 0.335 e. The van der Waals surface area contributed by atoms with Gasteiger partial charge in [0, 0.05) is 5.92 Å². The van der Waals surface area contributed by atoms with Gasteiger partial charge in [0.2, 0.25) is 0 Å². The number of hydrogen-bond donors (Lipinski definition) is 3. The van der Waals surface area contributed by atoms with Gasteiger partial charge in [-0.15, -0.1) is 0 Å². The third kappa shape index (κ3) is 7.79. The summed E-state index contributed by atoms with van der Waals surface area (Å²) in [5.74, 6) is -1.38. The number of phenols is 1. The normalized spacial score (nSPS) is 12.8. The number of carbonyl (C=O) groups is 2. The number of benzene rings is 1. The minimum atomic E-state index is -1.05. The Kier molecular flexibility index (Phi) is 7.98. The second-order valence-corrected chi connectivity index (χ2v) is 7.76. The molecule has 5 nitrogen and oxygen atoms in total. The van der Waals surface area contributed by atoms with E-state index >= 15 is 0 Å². The lowest BCUT2D eigenvalue weighted by atomic mass is 9.93. The van der Waals surface area contributed by atoms with Crippen LogP contribution in [0.15, 0.2) is 35.9 Å². The average Bonchev–Trinajstić information content (AvgIpc) is 2.56. The minimum absolute atomic E-state index is 0.0872. The summed E-state index contributed by atoms with van der Waals surface area (Å²) in [4.78, 5) is 23.5. The SMILES string of the molecule is CC(C)=CCc1cc(C(=O)O)cc(CC[C@H](C)C(=O)/C=C/C(C)(C)O)c1O. The molecule has 3 N–H and O–H groups in total. The fraction of sp³-hybridized carbons (Fsp3) is 0.455. The number of aryl methyl sites for hydroxylation is 1. The lowest BCUT2D eigenvalue weighted by molar-refractivity contribution is -0.118. The molecule has 0 saturated carbocycles. The summed E-state index contributed by atoms with van der Waals surface area (Å²) in [5.41, 5.74) is 1.24. The fourth-order valence-electron chi connectivity index (χ4n) is 2.51. The minimum Gasteiger partial charge on any atom is -0.507 e. The molecule has 0 fully saturated rings. The molecule has 1 aromatic carbocycles. The lowest BCUT2D eigenvalue weighted by Gasteiger charge is -2.14. The van der Waals surface area contributed by atoms with Crippen LogP contribution in [0.1, 0.15) is 62.5 Å². The molecule has 1 aromatic rings. The van der Waals surface area contributed by atoms with E-state index in [0.717, 1.165) is 5.57 Å². The van der Waals surface area contributed by atoms with E-state index in [1.165, 1.54) is 24.3 Å². The first-order valence-electron chi connectivity index (χ1n) is 9.07. The molecule has 5 heteroatoms. The Morgan fingerprint density at radius 2 is 1.78 bits per heavy atom. The number of rotatable bonds is 9. The van der Waals surface area contributed by atoms with E-state index in [-0.39, 0.29) is 23.0 Å². The molecule has 0 spiro atoms. The molecule has 0 aliphatic carbocycles. The Balaban J connectivity index is 2.98. The van der Waals surface area contributed by atoms with Gasteiger partial charge < -0.3 is 15.3 Å². The zero-order chi connectivity index (χ0) is 20.8. The molecule has 0 aliphatic rings. The maximum absolute atomic E-state index is 12.2. The molecular formula is C22H30O5. The zero-order valence-corrected chi connectivity index (χ0v) is 16.7. The summed E-state index contributed by atoms with van der Waals surface area (Å²) >= 11 is 0. The van der Waals surface area contributed by atoms with E-state index in [4.69, 9.17) is 0 Å². The topological polar surface area (TPSA) is 94.8 Å². The van der Waals surface area contributed by atoms with Crippen LogP contribution in [0.3, 0.4) is 0 Å². The Bertz CT molecular complexity index is 747. The van der Waals surface area contributed by atoms with Gasteiger partial charge in [0.25, 0.3) is 0 Å². The predicted octanol–water partition coefficient (Wildman–Crippen LogP) is 4.06. The van der Waals surface area contributed by atoms with Gasteiger partial charge in [-0.1, -0.05) is 24.6 Å². The molecule has 1 rings (SSSR count). The fourth-order valence-corrected chi connectivity index (χ4v) is 2.51. The quantitative estimate of drug-likeness (QED) is 0.447. The number of aromatic carboxylic acids is 1. The largest absolute Gasteiger partial charge is 0.507 e. The molecule has 0 radical (unpaired) electrons. The summed E-state index contributed by atoms with van der Waals surface area (Å²) in [7, 11) is 0. The first kappa shape index (κ1) is 22.6. The highest BCUT2D eigenvalue weighted by atomic mass is 16.4. The number of phenolic OH excluding ortho intramolecular Hbond substituents is 1. The number of aromatic hydroxyl groups is 1. The molecule has 0 bridgehead atoms. The molecule has 148 valence electrons. The standard InChI is InChI=1S/C22H30O5/c1-14(2)6-8-16-12-18(21(25)26)13-17(20(16)24)9-7-15(3)19(23)10-11-22(4,5)27/h6,10-13,15,24,27H,7-9H2,1-5H3,(H,25,26)/b11-10+/t15-/m0/s1. The van der Waals surface area contributed by atoms with Gasteiger partial charge in [-0.05, 0) is 76.3 Å². The summed E-state index contributed by atoms with van der Waals surface area (Å²) in [6, 6.07) is 2.95. The molecule has 27 heavy (non-hydrogen) atoms. The van der Waals surface area contributed by atoms with Gasteiger partial charge in [-0.2, -0.15) is 0 Å². The van der Waals surface area contributed by atoms with Crippen LogP contribution in [0.5, 0.6) is 5.75 Å². The summed E-state index contributed by atoms with van der Waals surface area (Å²) in [6.45, 7) is 8.83. The van der Waals surface area contributed by atoms with Crippen LogP contribution in [0.25, 0.3) is 0 Å². The van der Waals surface area contributed by atoms with Crippen molar-refractivity contribution in [1.82, 2.24) is 0 Å². The second kappa shape index (κ2) is 9.51. The van der Waals surface area contributed by atoms with E-state index in [2.05, 4.69) is 0 Å². The van der Waals surface area contributed by atoms with Gasteiger partial charge in [-0.25, -0.2) is 4.79 Å². The first-order valence-corrected chi connectivity index (χ1v) is 9.07. The van der Waals surface area contributed by atoms with E-state index in [0.29, 0.717) is 30.4 Å². The highest BCUT2D eigenvalue weighted by molar-refractivity contribution is 5.91. The van der Waals surface area contributed by atoms with Crippen LogP contribution in [0.2, 0.25) is 0 Å². The van der Waals surface area contributed by atoms with Crippen LogP contribution in [0, 0.1) is 5.92 Å². The van der Waals surface area contributed by atoms with Crippen molar-refractivity contribution in [3.05, 3.63) is 52.6 Å². The summed E-state index contributed by atoms with van der Waals surface area (Å²) in [6.07, 6.45) is 6.05. The molecular weight excluding hydrogens is 344 g/mol. The molecule has 0 saturated heterocycles. The Morgan fingerprint density at radius 1 is 1.19 bits per heavy atom. The highest BCUT2D eigenvalue weighted by Gasteiger charge is 2.17. The number of hydrogen-bond acceptors (Lipinski definition) is 4. The molecule has 0 heterocycles. The van der Waals surface area contributed by atoms with E-state index in [1.807, 2.05) is 19.9 Å². The van der Waals surface area contributed by atoms with Crippen molar-refractivity contribution in [2.45, 2.75) is 59.5 Å². The van der Waals surface area contributed by atoms with Crippen LogP contribution in [0.4, 0.5) is 0 Å². The van der Waals surface area contributed by atoms with E-state index < -0.39 is 11.6 Å². The number of ketones is 1. The van der Waals surface area contributed by atoms with Crippen LogP contribution >= 0.6 is 0 Å². The maximum atomic E-state index is 12.2. The van der Waals surface area contributed by atoms with E-state index in [9.17, 15) is 24.9 Å². The monoisotopic (exact) mass is 374 g/mol. The van der Waals surface area contributed by atoms with Crippen molar-refractivity contribution in [2.75, 3.05) is 0 Å². The number of allylic oxidation sites excluding steroid dienone is 3. The van der Waals surface area contributed by atoms with Crippen LogP contribution in [-0.4, -0.2) is 32.7 Å². The van der Waals surface area contributed by atoms with Gasteiger partial charge in [0.15, 0.2) is 5.78 Å². The maximum Gasteiger partial charge on any atom is 0.335 e. The first-order chi connectivity index (χ1) is 12.4. The van der Waals surface area contributed by atoms with Crippen LogP contribution < -0.4 is 0 Å².